The number of hydrogen-bond acceptors (Lipinski definition) is 6. The topological polar surface area (TPSA) is 68.0 Å². The van der Waals surface area contributed by atoms with Crippen molar-refractivity contribution < 1.29 is 18.8 Å². The SMILES string of the molecule is CCOc1cc(CCC(=O)N2CC(CN3CCOCC3)c3ccccc32)on1. The Hall–Kier alpha value is -2.38. The second kappa shape index (κ2) is 8.75. The highest BCUT2D eigenvalue weighted by atomic mass is 16.5. The van der Waals surface area contributed by atoms with Crippen LogP contribution in [0.25, 0.3) is 0 Å². The summed E-state index contributed by atoms with van der Waals surface area (Å²) in [5.74, 6) is 1.61. The number of carbonyl (C=O) groups is 1. The second-order valence-corrected chi connectivity index (χ2v) is 7.24. The number of rotatable bonds is 7. The van der Waals surface area contributed by atoms with Crippen molar-refractivity contribution in [3.8, 4) is 5.88 Å². The zero-order valence-electron chi connectivity index (χ0n) is 16.3. The van der Waals surface area contributed by atoms with E-state index in [0.29, 0.717) is 37.0 Å². The monoisotopic (exact) mass is 385 g/mol. The molecular formula is C21H27N3O4. The van der Waals surface area contributed by atoms with Gasteiger partial charge < -0.3 is 18.9 Å². The highest BCUT2D eigenvalue weighted by molar-refractivity contribution is 5.96. The van der Waals surface area contributed by atoms with Crippen molar-refractivity contribution in [2.45, 2.75) is 25.7 Å². The Kier molecular flexibility index (Phi) is 5.92. The molecule has 1 atom stereocenters. The predicted octanol–water partition coefficient (Wildman–Crippen LogP) is 2.47. The zero-order chi connectivity index (χ0) is 19.3. The summed E-state index contributed by atoms with van der Waals surface area (Å²) < 4.78 is 16.0. The Bertz CT molecular complexity index is 800. The summed E-state index contributed by atoms with van der Waals surface area (Å²) in [4.78, 5) is 17.3. The zero-order valence-corrected chi connectivity index (χ0v) is 16.3. The average molecular weight is 385 g/mol. The Morgan fingerprint density at radius 1 is 1.29 bits per heavy atom. The first-order chi connectivity index (χ1) is 13.7. The smallest absolute Gasteiger partial charge is 0.254 e. The highest BCUT2D eigenvalue weighted by Gasteiger charge is 2.33. The third-order valence-corrected chi connectivity index (χ3v) is 5.37. The molecule has 150 valence electrons. The summed E-state index contributed by atoms with van der Waals surface area (Å²) in [5.41, 5.74) is 2.30. The number of benzene rings is 1. The molecule has 28 heavy (non-hydrogen) atoms. The van der Waals surface area contributed by atoms with Gasteiger partial charge in [0.15, 0.2) is 0 Å². The molecule has 0 aliphatic carbocycles. The molecule has 1 saturated heterocycles. The number of aryl methyl sites for hydroxylation is 1. The van der Waals surface area contributed by atoms with Gasteiger partial charge in [0.05, 0.1) is 19.8 Å². The molecule has 4 rings (SSSR count). The van der Waals surface area contributed by atoms with Gasteiger partial charge in [-0.3, -0.25) is 9.69 Å². The van der Waals surface area contributed by atoms with Crippen LogP contribution in [-0.4, -0.2) is 62.0 Å². The number of carbonyl (C=O) groups excluding carboxylic acids is 1. The normalized spacial score (nSPS) is 19.6. The van der Waals surface area contributed by atoms with Crippen LogP contribution in [0, 0.1) is 0 Å². The van der Waals surface area contributed by atoms with Crippen molar-refractivity contribution in [1.82, 2.24) is 10.1 Å². The number of aromatic nitrogens is 1. The first kappa shape index (κ1) is 19.0. The number of anilines is 1. The molecule has 0 spiro atoms. The number of para-hydroxylation sites is 1. The Labute approximate surface area is 165 Å². The molecule has 0 N–H and O–H groups in total. The minimum atomic E-state index is 0.117. The van der Waals surface area contributed by atoms with Crippen LogP contribution < -0.4 is 9.64 Å². The van der Waals surface area contributed by atoms with Gasteiger partial charge in [-0.2, -0.15) is 0 Å². The van der Waals surface area contributed by atoms with Gasteiger partial charge in [0.25, 0.3) is 5.88 Å². The van der Waals surface area contributed by atoms with Crippen LogP contribution in [0.5, 0.6) is 5.88 Å². The van der Waals surface area contributed by atoms with E-state index in [2.05, 4.69) is 22.2 Å². The Morgan fingerprint density at radius 2 is 2.11 bits per heavy atom. The maximum Gasteiger partial charge on any atom is 0.254 e. The molecule has 7 heteroatoms. The summed E-state index contributed by atoms with van der Waals surface area (Å²) in [6, 6.07) is 10.0. The molecule has 1 fully saturated rings. The third kappa shape index (κ3) is 4.20. The van der Waals surface area contributed by atoms with E-state index in [1.807, 2.05) is 24.0 Å². The molecular weight excluding hydrogens is 358 g/mol. The van der Waals surface area contributed by atoms with Crippen molar-refractivity contribution in [1.29, 1.82) is 0 Å². The van der Waals surface area contributed by atoms with Gasteiger partial charge >= 0.3 is 0 Å². The minimum Gasteiger partial charge on any atom is -0.476 e. The maximum atomic E-state index is 13.0. The largest absolute Gasteiger partial charge is 0.476 e. The first-order valence-corrected chi connectivity index (χ1v) is 10.0. The van der Waals surface area contributed by atoms with E-state index in [9.17, 15) is 4.79 Å². The van der Waals surface area contributed by atoms with Crippen LogP contribution >= 0.6 is 0 Å². The van der Waals surface area contributed by atoms with E-state index in [0.717, 1.165) is 45.1 Å². The van der Waals surface area contributed by atoms with Crippen LogP contribution in [0.4, 0.5) is 5.69 Å². The number of fused-ring (bicyclic) bond motifs is 1. The van der Waals surface area contributed by atoms with Gasteiger partial charge in [0.2, 0.25) is 5.91 Å². The third-order valence-electron chi connectivity index (χ3n) is 5.37. The fourth-order valence-corrected chi connectivity index (χ4v) is 3.98. The summed E-state index contributed by atoms with van der Waals surface area (Å²) in [7, 11) is 0. The lowest BCUT2D eigenvalue weighted by molar-refractivity contribution is -0.118. The van der Waals surface area contributed by atoms with E-state index < -0.39 is 0 Å². The van der Waals surface area contributed by atoms with Gasteiger partial charge in [0.1, 0.15) is 5.76 Å². The molecule has 2 aromatic rings. The lowest BCUT2D eigenvalue weighted by Gasteiger charge is -2.29. The molecule has 1 unspecified atom stereocenters. The number of hydrogen-bond donors (Lipinski definition) is 0. The Morgan fingerprint density at radius 3 is 2.93 bits per heavy atom. The van der Waals surface area contributed by atoms with Gasteiger partial charge in [-0.25, -0.2) is 0 Å². The first-order valence-electron chi connectivity index (χ1n) is 10.0. The molecule has 1 amide bonds. The van der Waals surface area contributed by atoms with E-state index >= 15 is 0 Å². The molecule has 7 nitrogen and oxygen atoms in total. The van der Waals surface area contributed by atoms with Crippen LogP contribution in [0.2, 0.25) is 0 Å². The molecule has 0 bridgehead atoms. The quantitative estimate of drug-likeness (QED) is 0.729. The predicted molar refractivity (Wildman–Crippen MR) is 105 cm³/mol. The molecule has 1 aromatic carbocycles. The van der Waals surface area contributed by atoms with E-state index in [4.69, 9.17) is 14.0 Å². The van der Waals surface area contributed by atoms with Crippen molar-refractivity contribution in [3.05, 3.63) is 41.7 Å². The molecule has 1 aromatic heterocycles. The number of nitrogens with zero attached hydrogens (tertiary/aromatic N) is 3. The molecule has 2 aliphatic rings. The molecule has 2 aliphatic heterocycles. The fourth-order valence-electron chi connectivity index (χ4n) is 3.98. The lowest BCUT2D eigenvalue weighted by Crippen LogP contribution is -2.40. The summed E-state index contributed by atoms with van der Waals surface area (Å²) in [5, 5.41) is 3.86. The molecule has 0 radical (unpaired) electrons. The Balaban J connectivity index is 1.39. The van der Waals surface area contributed by atoms with E-state index in [1.54, 1.807) is 6.07 Å². The summed E-state index contributed by atoms with van der Waals surface area (Å²) >= 11 is 0. The standard InChI is InChI=1S/C21H27N3O4/c1-2-27-20-13-17(28-22-20)7-8-21(25)24-15-16(14-23-9-11-26-12-10-23)18-5-3-4-6-19(18)24/h3-6,13,16H,2,7-12,14-15H2,1H3. The second-order valence-electron chi connectivity index (χ2n) is 7.24. The average Bonchev–Trinajstić information content (AvgIpc) is 3.32. The number of amides is 1. The summed E-state index contributed by atoms with van der Waals surface area (Å²) in [6.45, 7) is 7.63. The molecule has 0 saturated carbocycles. The van der Waals surface area contributed by atoms with Crippen LogP contribution in [0.15, 0.2) is 34.9 Å². The van der Waals surface area contributed by atoms with Crippen LogP contribution in [-0.2, 0) is 16.0 Å². The molecule has 3 heterocycles. The van der Waals surface area contributed by atoms with E-state index in [-0.39, 0.29) is 5.91 Å². The van der Waals surface area contributed by atoms with Crippen molar-refractivity contribution in [2.24, 2.45) is 0 Å². The van der Waals surface area contributed by atoms with Gasteiger partial charge in [-0.05, 0) is 23.7 Å². The van der Waals surface area contributed by atoms with Crippen molar-refractivity contribution in [2.75, 3.05) is 50.9 Å². The van der Waals surface area contributed by atoms with Gasteiger partial charge in [-0.15, -0.1) is 0 Å². The maximum absolute atomic E-state index is 13.0. The number of ether oxygens (including phenoxy) is 2. The van der Waals surface area contributed by atoms with Gasteiger partial charge in [-0.1, -0.05) is 18.2 Å². The van der Waals surface area contributed by atoms with Crippen molar-refractivity contribution in [3.63, 3.8) is 0 Å². The summed E-state index contributed by atoms with van der Waals surface area (Å²) in [6.07, 6.45) is 0.908. The lowest BCUT2D eigenvalue weighted by atomic mass is 10.0. The number of morpholine rings is 1. The van der Waals surface area contributed by atoms with E-state index in [1.165, 1.54) is 5.56 Å². The van der Waals surface area contributed by atoms with Gasteiger partial charge in [0, 0.05) is 56.7 Å². The van der Waals surface area contributed by atoms with Crippen LogP contribution in [0.3, 0.4) is 0 Å². The van der Waals surface area contributed by atoms with Crippen molar-refractivity contribution >= 4 is 11.6 Å². The highest BCUT2D eigenvalue weighted by Crippen LogP contribution is 2.37. The minimum absolute atomic E-state index is 0.117. The fraction of sp³-hybridized carbons (Fsp3) is 0.524. The van der Waals surface area contributed by atoms with Crippen LogP contribution in [0.1, 0.15) is 30.6 Å².